The summed E-state index contributed by atoms with van der Waals surface area (Å²) < 4.78 is 23.4. The number of azo groups is 1. The molecule has 0 saturated heterocycles. The van der Waals surface area contributed by atoms with Crippen LogP contribution in [0.4, 0.5) is 11.4 Å². The van der Waals surface area contributed by atoms with E-state index in [1.807, 2.05) is 57.2 Å². The van der Waals surface area contributed by atoms with E-state index >= 15 is 0 Å². The Labute approximate surface area is 242 Å². The molecule has 9 heteroatoms. The van der Waals surface area contributed by atoms with Crippen LogP contribution in [0.5, 0.6) is 5.75 Å². The van der Waals surface area contributed by atoms with E-state index in [2.05, 4.69) is 34.6 Å². The second-order valence-electron chi connectivity index (χ2n) is 9.56. The van der Waals surface area contributed by atoms with Crippen LogP contribution in [-0.2, 0) is 24.5 Å². The van der Waals surface area contributed by atoms with Gasteiger partial charge in [0.25, 0.3) is 0 Å². The third kappa shape index (κ3) is 13.7. The molecule has 0 fully saturated rings. The summed E-state index contributed by atoms with van der Waals surface area (Å²) in [5, 5.41) is 11.6. The molecule has 40 heavy (non-hydrogen) atoms. The molecule has 0 spiro atoms. The lowest BCUT2D eigenvalue weighted by atomic mass is 10.1. The Morgan fingerprint density at radius 2 is 1.35 bits per heavy atom. The number of nitrogens with zero attached hydrogens (tertiary/aromatic N) is 2. The Bertz CT molecular complexity index is 953. The summed E-state index contributed by atoms with van der Waals surface area (Å²) in [5.41, 5.74) is 2.95. The van der Waals surface area contributed by atoms with E-state index in [0.29, 0.717) is 51.9 Å². The van der Waals surface area contributed by atoms with Gasteiger partial charge in [-0.05, 0) is 88.4 Å². The molecule has 2 aromatic rings. The first kappa shape index (κ1) is 33.6. The van der Waals surface area contributed by atoms with Crippen LogP contribution in [0.15, 0.2) is 58.8 Å². The lowest BCUT2D eigenvalue weighted by Gasteiger charge is -2.28. The zero-order valence-electron chi connectivity index (χ0n) is 25.0. The van der Waals surface area contributed by atoms with Crippen molar-refractivity contribution in [1.82, 2.24) is 5.32 Å². The zero-order chi connectivity index (χ0) is 28.9. The van der Waals surface area contributed by atoms with E-state index in [1.54, 1.807) is 0 Å². The molecule has 0 saturated carbocycles. The van der Waals surface area contributed by atoms with Crippen LogP contribution >= 0.6 is 0 Å². The number of benzene rings is 2. The Hall–Kier alpha value is -2.59. The Balaban J connectivity index is 1.64. The van der Waals surface area contributed by atoms with Crippen molar-refractivity contribution in [3.63, 3.8) is 0 Å². The molecule has 0 bridgehead atoms. The van der Waals surface area contributed by atoms with Gasteiger partial charge in [0.05, 0.1) is 18.0 Å². The number of carbonyl (C=O) groups is 1. The van der Waals surface area contributed by atoms with E-state index in [-0.39, 0.29) is 5.91 Å². The highest BCUT2D eigenvalue weighted by Gasteiger charge is 2.39. The number of aryl methyl sites for hydroxylation is 1. The number of amides is 1. The summed E-state index contributed by atoms with van der Waals surface area (Å²) in [6, 6.07) is 16.5. The molecule has 0 aromatic heterocycles. The number of unbranched alkanes of at least 4 members (excludes halogenated alkanes) is 3. The summed E-state index contributed by atoms with van der Waals surface area (Å²) in [7, 11) is -2.66. The molecule has 0 aliphatic carbocycles. The summed E-state index contributed by atoms with van der Waals surface area (Å²) in [5.74, 6) is 0.760. The van der Waals surface area contributed by atoms with Crippen LogP contribution in [0.3, 0.4) is 0 Å². The number of ether oxygens (including phenoxy) is 1. The van der Waals surface area contributed by atoms with Crippen molar-refractivity contribution in [2.45, 2.75) is 85.1 Å². The lowest BCUT2D eigenvalue weighted by molar-refractivity contribution is -0.121. The van der Waals surface area contributed by atoms with Crippen molar-refractivity contribution in [3.8, 4) is 5.75 Å². The Kier molecular flexibility index (Phi) is 17.1. The van der Waals surface area contributed by atoms with Crippen molar-refractivity contribution in [3.05, 3.63) is 54.1 Å². The summed E-state index contributed by atoms with van der Waals surface area (Å²) in [6.45, 7) is 10.8. The van der Waals surface area contributed by atoms with Gasteiger partial charge in [-0.25, -0.2) is 0 Å². The third-order valence-corrected chi connectivity index (χ3v) is 9.42. The number of rotatable bonds is 22. The quantitative estimate of drug-likeness (QED) is 0.0880. The number of hydrogen-bond donors (Lipinski definition) is 1. The first-order valence-corrected chi connectivity index (χ1v) is 16.9. The number of carbonyl (C=O) groups excluding carboxylic acids is 1. The topological polar surface area (TPSA) is 90.7 Å². The minimum absolute atomic E-state index is 0.0142. The maximum absolute atomic E-state index is 12.2. The second-order valence-corrected chi connectivity index (χ2v) is 12.3. The van der Waals surface area contributed by atoms with E-state index in [1.165, 1.54) is 31.2 Å². The Morgan fingerprint density at radius 3 is 1.93 bits per heavy atom. The summed E-state index contributed by atoms with van der Waals surface area (Å²) in [6.07, 6.45) is 8.00. The molecular formula is C31H49N3O5Si. The van der Waals surface area contributed by atoms with E-state index in [4.69, 9.17) is 18.0 Å². The molecule has 2 aromatic carbocycles. The fourth-order valence-corrected chi connectivity index (χ4v) is 6.87. The summed E-state index contributed by atoms with van der Waals surface area (Å²) in [4.78, 5) is 12.2. The fraction of sp³-hybridized carbons (Fsp3) is 0.581. The molecular weight excluding hydrogens is 522 g/mol. The normalized spacial score (nSPS) is 11.7. The molecule has 0 heterocycles. The van der Waals surface area contributed by atoms with Crippen LogP contribution in [0.1, 0.15) is 78.2 Å². The lowest BCUT2D eigenvalue weighted by Crippen LogP contribution is -2.46. The van der Waals surface area contributed by atoms with Gasteiger partial charge in [0, 0.05) is 38.8 Å². The van der Waals surface area contributed by atoms with Gasteiger partial charge < -0.3 is 23.3 Å². The van der Waals surface area contributed by atoms with Crippen LogP contribution in [-0.4, -0.2) is 47.7 Å². The molecule has 0 radical (unpaired) electrons. The molecule has 0 unspecified atom stereocenters. The molecule has 8 nitrogen and oxygen atoms in total. The van der Waals surface area contributed by atoms with Crippen LogP contribution in [0.25, 0.3) is 0 Å². The molecule has 2 rings (SSSR count). The van der Waals surface area contributed by atoms with Crippen molar-refractivity contribution in [2.75, 3.05) is 33.0 Å². The van der Waals surface area contributed by atoms with Gasteiger partial charge in [-0.15, -0.1) is 0 Å². The van der Waals surface area contributed by atoms with Gasteiger partial charge in [-0.1, -0.05) is 38.3 Å². The first-order valence-electron chi connectivity index (χ1n) is 15.0. The van der Waals surface area contributed by atoms with Gasteiger partial charge in [0.1, 0.15) is 5.75 Å². The van der Waals surface area contributed by atoms with E-state index in [0.717, 1.165) is 30.0 Å². The van der Waals surface area contributed by atoms with Gasteiger partial charge in [0.15, 0.2) is 0 Å². The van der Waals surface area contributed by atoms with Crippen molar-refractivity contribution in [1.29, 1.82) is 0 Å². The second kappa shape index (κ2) is 20.3. The van der Waals surface area contributed by atoms with Gasteiger partial charge in [0.2, 0.25) is 5.91 Å². The van der Waals surface area contributed by atoms with Crippen molar-refractivity contribution < 1.29 is 22.8 Å². The largest absolute Gasteiger partial charge is 0.500 e. The van der Waals surface area contributed by atoms with Crippen molar-refractivity contribution >= 4 is 26.1 Å². The molecule has 0 atom stereocenters. The maximum atomic E-state index is 12.2. The number of hydrogen-bond acceptors (Lipinski definition) is 7. The van der Waals surface area contributed by atoms with Crippen LogP contribution < -0.4 is 10.1 Å². The number of nitrogens with one attached hydrogen (secondary N) is 1. The predicted octanol–water partition coefficient (Wildman–Crippen LogP) is 7.94. The van der Waals surface area contributed by atoms with Gasteiger partial charge in [-0.3, -0.25) is 4.79 Å². The zero-order valence-corrected chi connectivity index (χ0v) is 26.0. The highest BCUT2D eigenvalue weighted by atomic mass is 28.4. The SMILES string of the molecule is CCCCCCc1ccc(N=Nc2ccc(OCCCC(=O)NCCC[Si](OCC)(OCC)OCC)cc2)cc1. The fourth-order valence-electron chi connectivity index (χ4n) is 4.25. The predicted molar refractivity (Wildman–Crippen MR) is 163 cm³/mol. The minimum atomic E-state index is -2.66. The highest BCUT2D eigenvalue weighted by molar-refractivity contribution is 6.60. The Morgan fingerprint density at radius 1 is 0.750 bits per heavy atom. The average molecular weight is 572 g/mol. The molecule has 1 amide bonds. The molecule has 0 aliphatic rings. The van der Waals surface area contributed by atoms with Crippen molar-refractivity contribution in [2.24, 2.45) is 10.2 Å². The smallest absolute Gasteiger partial charge is 0.494 e. The molecule has 1 N–H and O–H groups in total. The van der Waals surface area contributed by atoms with E-state index < -0.39 is 8.80 Å². The van der Waals surface area contributed by atoms with Crippen LogP contribution in [0, 0.1) is 0 Å². The summed E-state index contributed by atoms with van der Waals surface area (Å²) >= 11 is 0. The van der Waals surface area contributed by atoms with E-state index in [9.17, 15) is 4.79 Å². The molecule has 222 valence electrons. The standard InChI is InChI=1S/C31H49N3O5Si/c1-5-9-10-11-14-27-16-18-28(19-17-27)33-34-29-20-22-30(23-21-29)36-25-12-15-31(35)32-24-13-26-40(37-6-2,38-7-3)39-8-4/h16-23H,5-15,24-26H2,1-4H3,(H,32,35). The first-order chi connectivity index (χ1) is 19.5. The van der Waals surface area contributed by atoms with Gasteiger partial charge >= 0.3 is 8.80 Å². The monoisotopic (exact) mass is 571 g/mol. The highest BCUT2D eigenvalue weighted by Crippen LogP contribution is 2.22. The van der Waals surface area contributed by atoms with Crippen LogP contribution in [0.2, 0.25) is 6.04 Å². The van der Waals surface area contributed by atoms with Gasteiger partial charge in [-0.2, -0.15) is 10.2 Å². The maximum Gasteiger partial charge on any atom is 0.500 e. The third-order valence-electron chi connectivity index (χ3n) is 6.26. The minimum Gasteiger partial charge on any atom is -0.494 e. The molecule has 0 aliphatic heterocycles. The average Bonchev–Trinajstić information content (AvgIpc) is 2.96.